The number of halogens is 1. The molecule has 0 spiro atoms. The van der Waals surface area contributed by atoms with Crippen LogP contribution in [-0.2, 0) is 0 Å². The second kappa shape index (κ2) is 5.84. The molecule has 1 amide bonds. The van der Waals surface area contributed by atoms with Crippen LogP contribution in [0.2, 0.25) is 5.02 Å². The van der Waals surface area contributed by atoms with E-state index in [9.17, 15) is 9.90 Å². The smallest absolute Gasteiger partial charge is 0.262 e. The van der Waals surface area contributed by atoms with Gasteiger partial charge in [-0.15, -0.1) is 0 Å². The zero-order valence-electron chi connectivity index (χ0n) is 11.0. The Labute approximate surface area is 122 Å². The molecule has 4 nitrogen and oxygen atoms in total. The highest BCUT2D eigenvalue weighted by atomic mass is 35.5. The second-order valence-corrected chi connectivity index (χ2v) is 4.71. The summed E-state index contributed by atoms with van der Waals surface area (Å²) in [5, 5.41) is 10.2. The van der Waals surface area contributed by atoms with Crippen molar-refractivity contribution in [2.45, 2.75) is 6.92 Å². The van der Waals surface area contributed by atoms with Gasteiger partial charge in [0.25, 0.3) is 5.91 Å². The lowest BCUT2D eigenvalue weighted by Crippen LogP contribution is -2.31. The molecule has 0 bridgehead atoms. The molecule has 0 saturated carbocycles. The minimum Gasteiger partial charge on any atom is -0.507 e. The van der Waals surface area contributed by atoms with Gasteiger partial charge in [0.05, 0.1) is 16.9 Å². The summed E-state index contributed by atoms with van der Waals surface area (Å²) >= 11 is 5.88. The molecule has 2 aromatic rings. The normalized spacial score (nSPS) is 10.3. The number of benzene rings is 2. The summed E-state index contributed by atoms with van der Waals surface area (Å²) in [7, 11) is 0. The van der Waals surface area contributed by atoms with Crippen LogP contribution in [0.3, 0.4) is 0 Å². The summed E-state index contributed by atoms with van der Waals surface area (Å²) in [4.78, 5) is 14.1. The average Bonchev–Trinajstić information content (AvgIpc) is 2.44. The van der Waals surface area contributed by atoms with Crippen molar-refractivity contribution in [3.63, 3.8) is 0 Å². The standard InChI is InChI=1S/C15H15ClN2O2/c1-2-18(13-6-4-3-5-12(13)17)15(20)11-9-10(16)7-8-14(11)19/h3-9,19H,2,17H2,1H3. The third kappa shape index (κ3) is 2.70. The van der Waals surface area contributed by atoms with Gasteiger partial charge in [0, 0.05) is 11.6 Å². The third-order valence-electron chi connectivity index (χ3n) is 2.98. The number of rotatable bonds is 3. The highest BCUT2D eigenvalue weighted by Crippen LogP contribution is 2.28. The maximum Gasteiger partial charge on any atom is 0.262 e. The predicted octanol–water partition coefficient (Wildman–Crippen LogP) is 3.29. The van der Waals surface area contributed by atoms with Crippen molar-refractivity contribution in [2.24, 2.45) is 0 Å². The Balaban J connectivity index is 2.45. The van der Waals surface area contributed by atoms with Gasteiger partial charge in [-0.1, -0.05) is 23.7 Å². The van der Waals surface area contributed by atoms with Crippen LogP contribution in [0.25, 0.3) is 0 Å². The fraction of sp³-hybridized carbons (Fsp3) is 0.133. The first kappa shape index (κ1) is 14.2. The third-order valence-corrected chi connectivity index (χ3v) is 3.21. The summed E-state index contributed by atoms with van der Waals surface area (Å²) in [6, 6.07) is 11.5. The van der Waals surface area contributed by atoms with Crippen LogP contribution in [-0.4, -0.2) is 17.6 Å². The fourth-order valence-electron chi connectivity index (χ4n) is 1.98. The average molecular weight is 291 g/mol. The number of phenolic OH excluding ortho intramolecular Hbond substituents is 1. The van der Waals surface area contributed by atoms with Crippen LogP contribution >= 0.6 is 11.6 Å². The van der Waals surface area contributed by atoms with Crippen molar-refractivity contribution in [3.8, 4) is 5.75 Å². The maximum atomic E-state index is 12.6. The van der Waals surface area contributed by atoms with Gasteiger partial charge in [0.2, 0.25) is 0 Å². The number of carbonyl (C=O) groups excluding carboxylic acids is 1. The van der Waals surface area contributed by atoms with E-state index in [0.717, 1.165) is 0 Å². The number of nitrogens with two attached hydrogens (primary N) is 1. The number of phenols is 1. The van der Waals surface area contributed by atoms with Gasteiger partial charge >= 0.3 is 0 Å². The molecule has 0 aromatic heterocycles. The van der Waals surface area contributed by atoms with Crippen molar-refractivity contribution < 1.29 is 9.90 Å². The molecule has 104 valence electrons. The van der Waals surface area contributed by atoms with E-state index in [1.165, 1.54) is 23.1 Å². The van der Waals surface area contributed by atoms with E-state index in [0.29, 0.717) is 22.9 Å². The van der Waals surface area contributed by atoms with Gasteiger partial charge in [-0.05, 0) is 37.3 Å². The molecule has 3 N–H and O–H groups in total. The summed E-state index contributed by atoms with van der Waals surface area (Å²) in [6.45, 7) is 2.27. The van der Waals surface area contributed by atoms with Crippen molar-refractivity contribution in [3.05, 3.63) is 53.1 Å². The maximum absolute atomic E-state index is 12.6. The van der Waals surface area contributed by atoms with Crippen LogP contribution in [0.15, 0.2) is 42.5 Å². The number of aromatic hydroxyl groups is 1. The highest BCUT2D eigenvalue weighted by molar-refractivity contribution is 6.31. The Hall–Kier alpha value is -2.20. The molecule has 0 atom stereocenters. The van der Waals surface area contributed by atoms with E-state index in [1.54, 1.807) is 24.3 Å². The number of hydrogen-bond donors (Lipinski definition) is 2. The topological polar surface area (TPSA) is 66.6 Å². The quantitative estimate of drug-likeness (QED) is 0.852. The second-order valence-electron chi connectivity index (χ2n) is 4.27. The van der Waals surface area contributed by atoms with Crippen LogP contribution in [0.4, 0.5) is 11.4 Å². The van der Waals surface area contributed by atoms with Gasteiger partial charge < -0.3 is 15.7 Å². The monoisotopic (exact) mass is 290 g/mol. The fourth-order valence-corrected chi connectivity index (χ4v) is 2.15. The van der Waals surface area contributed by atoms with Crippen molar-refractivity contribution in [1.82, 2.24) is 0 Å². The van der Waals surface area contributed by atoms with Gasteiger partial charge in [0.1, 0.15) is 5.75 Å². The first-order valence-corrected chi connectivity index (χ1v) is 6.57. The molecule has 2 rings (SSSR count). The number of hydrogen-bond acceptors (Lipinski definition) is 3. The number of nitrogen functional groups attached to an aromatic ring is 1. The molecule has 0 heterocycles. The molecule has 0 saturated heterocycles. The summed E-state index contributed by atoms with van der Waals surface area (Å²) in [5.41, 5.74) is 7.17. The Morgan fingerprint density at radius 3 is 2.65 bits per heavy atom. The number of nitrogens with zero attached hydrogens (tertiary/aromatic N) is 1. The number of amides is 1. The summed E-state index contributed by atoms with van der Waals surface area (Å²) in [5.74, 6) is -0.447. The summed E-state index contributed by atoms with van der Waals surface area (Å²) in [6.07, 6.45) is 0. The zero-order chi connectivity index (χ0) is 14.7. The lowest BCUT2D eigenvalue weighted by atomic mass is 10.1. The zero-order valence-corrected chi connectivity index (χ0v) is 11.8. The van der Waals surface area contributed by atoms with Gasteiger partial charge in [-0.2, -0.15) is 0 Å². The minimum absolute atomic E-state index is 0.104. The van der Waals surface area contributed by atoms with Crippen LogP contribution in [0, 0.1) is 0 Å². The number of carbonyl (C=O) groups is 1. The molecular weight excluding hydrogens is 276 g/mol. The van der Waals surface area contributed by atoms with Crippen LogP contribution < -0.4 is 10.6 Å². The van der Waals surface area contributed by atoms with Gasteiger partial charge in [0.15, 0.2) is 0 Å². The Kier molecular flexibility index (Phi) is 4.15. The van der Waals surface area contributed by atoms with Crippen molar-refractivity contribution in [2.75, 3.05) is 17.2 Å². The molecule has 0 fully saturated rings. The van der Waals surface area contributed by atoms with E-state index in [1.807, 2.05) is 6.92 Å². The van der Waals surface area contributed by atoms with Crippen molar-refractivity contribution in [1.29, 1.82) is 0 Å². The first-order valence-electron chi connectivity index (χ1n) is 6.19. The largest absolute Gasteiger partial charge is 0.507 e. The van der Waals surface area contributed by atoms with E-state index in [4.69, 9.17) is 17.3 Å². The van der Waals surface area contributed by atoms with Crippen LogP contribution in [0.5, 0.6) is 5.75 Å². The van der Waals surface area contributed by atoms with Gasteiger partial charge in [-0.3, -0.25) is 4.79 Å². The van der Waals surface area contributed by atoms with E-state index < -0.39 is 0 Å². The molecule has 5 heteroatoms. The predicted molar refractivity (Wildman–Crippen MR) is 81.3 cm³/mol. The highest BCUT2D eigenvalue weighted by Gasteiger charge is 2.20. The first-order chi connectivity index (χ1) is 9.54. The molecular formula is C15H15ClN2O2. The van der Waals surface area contributed by atoms with E-state index in [2.05, 4.69) is 0 Å². The SMILES string of the molecule is CCN(C(=O)c1cc(Cl)ccc1O)c1ccccc1N. The molecule has 0 aliphatic carbocycles. The summed E-state index contributed by atoms with van der Waals surface area (Å²) < 4.78 is 0. The molecule has 0 aliphatic heterocycles. The number of para-hydroxylation sites is 2. The lowest BCUT2D eigenvalue weighted by molar-refractivity contribution is 0.0986. The minimum atomic E-state index is -0.342. The van der Waals surface area contributed by atoms with Crippen LogP contribution in [0.1, 0.15) is 17.3 Å². The molecule has 0 radical (unpaired) electrons. The molecule has 0 aliphatic rings. The molecule has 0 unspecified atom stereocenters. The van der Waals surface area contributed by atoms with Gasteiger partial charge in [-0.25, -0.2) is 0 Å². The van der Waals surface area contributed by atoms with Crippen molar-refractivity contribution >= 4 is 28.9 Å². The lowest BCUT2D eigenvalue weighted by Gasteiger charge is -2.23. The van der Waals surface area contributed by atoms with E-state index >= 15 is 0 Å². The number of anilines is 2. The Bertz CT molecular complexity index is 644. The Morgan fingerprint density at radius 1 is 1.30 bits per heavy atom. The molecule has 2 aromatic carbocycles. The Morgan fingerprint density at radius 2 is 2.00 bits per heavy atom. The van der Waals surface area contributed by atoms with E-state index in [-0.39, 0.29) is 17.2 Å². The molecule has 20 heavy (non-hydrogen) atoms.